The van der Waals surface area contributed by atoms with Crippen LogP contribution >= 0.6 is 23.4 Å². The van der Waals surface area contributed by atoms with Crippen LogP contribution in [-0.2, 0) is 0 Å². The van der Waals surface area contributed by atoms with Crippen molar-refractivity contribution in [3.8, 4) is 0 Å². The zero-order chi connectivity index (χ0) is 12.3. The SMILES string of the molecule is CCC1(C)CCSC(Nc2ccccc2Cl)=N1. The summed E-state index contributed by atoms with van der Waals surface area (Å²) in [6.07, 6.45) is 2.21. The number of thioether (sulfide) groups is 1. The molecule has 0 fully saturated rings. The molecule has 0 aromatic heterocycles. The molecule has 0 amide bonds. The lowest BCUT2D eigenvalue weighted by molar-refractivity contribution is 0.443. The normalized spacial score (nSPS) is 24.3. The van der Waals surface area contributed by atoms with Crippen LogP contribution in [0.25, 0.3) is 0 Å². The Balaban J connectivity index is 2.17. The minimum Gasteiger partial charge on any atom is -0.334 e. The topological polar surface area (TPSA) is 24.4 Å². The monoisotopic (exact) mass is 268 g/mol. The highest BCUT2D eigenvalue weighted by molar-refractivity contribution is 8.14. The molecule has 2 rings (SSSR count). The zero-order valence-corrected chi connectivity index (χ0v) is 11.7. The second-order valence-electron chi connectivity index (χ2n) is 4.47. The summed E-state index contributed by atoms with van der Waals surface area (Å²) in [5.74, 6) is 1.11. The Morgan fingerprint density at radius 3 is 2.94 bits per heavy atom. The van der Waals surface area contributed by atoms with E-state index in [9.17, 15) is 0 Å². The van der Waals surface area contributed by atoms with Gasteiger partial charge < -0.3 is 5.32 Å². The fourth-order valence-electron chi connectivity index (χ4n) is 1.70. The lowest BCUT2D eigenvalue weighted by Gasteiger charge is -2.29. The number of anilines is 1. The van der Waals surface area contributed by atoms with Crippen LogP contribution in [0.5, 0.6) is 0 Å². The Morgan fingerprint density at radius 1 is 1.47 bits per heavy atom. The number of nitrogens with zero attached hydrogens (tertiary/aromatic N) is 1. The first kappa shape index (κ1) is 12.8. The van der Waals surface area contributed by atoms with Gasteiger partial charge in [-0.2, -0.15) is 0 Å². The molecule has 1 aromatic rings. The highest BCUT2D eigenvalue weighted by Crippen LogP contribution is 2.31. The largest absolute Gasteiger partial charge is 0.334 e. The van der Waals surface area contributed by atoms with E-state index in [1.165, 1.54) is 0 Å². The maximum atomic E-state index is 6.12. The third-order valence-corrected chi connectivity index (χ3v) is 4.33. The minimum atomic E-state index is 0.0782. The van der Waals surface area contributed by atoms with Gasteiger partial charge in [-0.3, -0.25) is 4.99 Å². The molecule has 4 heteroatoms. The smallest absolute Gasteiger partial charge is 0.161 e. The van der Waals surface area contributed by atoms with Crippen molar-refractivity contribution in [1.82, 2.24) is 0 Å². The molecular weight excluding hydrogens is 252 g/mol. The van der Waals surface area contributed by atoms with Gasteiger partial charge in [-0.05, 0) is 31.9 Å². The van der Waals surface area contributed by atoms with E-state index >= 15 is 0 Å². The number of aliphatic imine (C=N–C) groups is 1. The van der Waals surface area contributed by atoms with E-state index in [-0.39, 0.29) is 5.54 Å². The zero-order valence-electron chi connectivity index (χ0n) is 10.2. The average Bonchev–Trinajstić information content (AvgIpc) is 2.32. The summed E-state index contributed by atoms with van der Waals surface area (Å²) >= 11 is 7.89. The molecule has 0 saturated carbocycles. The predicted octanol–water partition coefficient (Wildman–Crippen LogP) is 4.41. The summed E-state index contributed by atoms with van der Waals surface area (Å²) in [7, 11) is 0. The maximum absolute atomic E-state index is 6.12. The molecule has 0 bridgehead atoms. The number of rotatable bonds is 2. The van der Waals surface area contributed by atoms with Gasteiger partial charge in [0, 0.05) is 5.75 Å². The van der Waals surface area contributed by atoms with Crippen molar-refractivity contribution in [1.29, 1.82) is 0 Å². The van der Waals surface area contributed by atoms with Gasteiger partial charge in [-0.15, -0.1) is 0 Å². The lowest BCUT2D eigenvalue weighted by atomic mass is 9.97. The summed E-state index contributed by atoms with van der Waals surface area (Å²) in [6.45, 7) is 4.40. The second kappa shape index (κ2) is 5.32. The first-order chi connectivity index (χ1) is 8.13. The predicted molar refractivity (Wildman–Crippen MR) is 78.3 cm³/mol. The van der Waals surface area contributed by atoms with E-state index < -0.39 is 0 Å². The van der Waals surface area contributed by atoms with Crippen LogP contribution < -0.4 is 5.32 Å². The average molecular weight is 269 g/mol. The van der Waals surface area contributed by atoms with Crippen LogP contribution in [0.15, 0.2) is 29.3 Å². The molecule has 0 aliphatic carbocycles. The molecule has 1 aromatic carbocycles. The molecule has 1 aliphatic heterocycles. The molecule has 2 nitrogen and oxygen atoms in total. The van der Waals surface area contributed by atoms with Crippen molar-refractivity contribution < 1.29 is 0 Å². The van der Waals surface area contributed by atoms with Crippen LogP contribution in [0.4, 0.5) is 5.69 Å². The van der Waals surface area contributed by atoms with Crippen LogP contribution in [-0.4, -0.2) is 16.5 Å². The summed E-state index contributed by atoms with van der Waals surface area (Å²) in [5, 5.41) is 5.04. The third-order valence-electron chi connectivity index (χ3n) is 3.13. The maximum Gasteiger partial charge on any atom is 0.161 e. The van der Waals surface area contributed by atoms with Crippen molar-refractivity contribution in [2.75, 3.05) is 11.1 Å². The lowest BCUT2D eigenvalue weighted by Crippen LogP contribution is -2.29. The Hall–Kier alpha value is -0.670. The Kier molecular flexibility index (Phi) is 4.00. The van der Waals surface area contributed by atoms with E-state index in [2.05, 4.69) is 19.2 Å². The van der Waals surface area contributed by atoms with Gasteiger partial charge in [0.05, 0.1) is 16.2 Å². The molecule has 1 aliphatic rings. The van der Waals surface area contributed by atoms with Gasteiger partial charge >= 0.3 is 0 Å². The molecule has 1 atom stereocenters. The van der Waals surface area contributed by atoms with Crippen LogP contribution in [0, 0.1) is 0 Å². The molecule has 0 saturated heterocycles. The van der Waals surface area contributed by atoms with Crippen molar-refractivity contribution in [2.45, 2.75) is 32.2 Å². The third kappa shape index (κ3) is 3.17. The van der Waals surface area contributed by atoms with Crippen molar-refractivity contribution in [2.24, 2.45) is 4.99 Å². The first-order valence-electron chi connectivity index (χ1n) is 5.87. The van der Waals surface area contributed by atoms with E-state index in [0.29, 0.717) is 0 Å². The molecule has 92 valence electrons. The number of nitrogens with one attached hydrogen (secondary N) is 1. The Morgan fingerprint density at radius 2 is 2.24 bits per heavy atom. The summed E-state index contributed by atoms with van der Waals surface area (Å²) in [6, 6.07) is 7.76. The van der Waals surface area contributed by atoms with Crippen molar-refractivity contribution in [3.63, 3.8) is 0 Å². The van der Waals surface area contributed by atoms with Gasteiger partial charge in [0.15, 0.2) is 5.17 Å². The number of para-hydroxylation sites is 1. The summed E-state index contributed by atoms with van der Waals surface area (Å²) < 4.78 is 0. The van der Waals surface area contributed by atoms with E-state index in [0.717, 1.165) is 34.5 Å². The Bertz CT molecular complexity index is 433. The van der Waals surface area contributed by atoms with Gasteiger partial charge in [0.1, 0.15) is 0 Å². The minimum absolute atomic E-state index is 0.0782. The number of amidine groups is 1. The molecule has 17 heavy (non-hydrogen) atoms. The van der Waals surface area contributed by atoms with E-state index in [1.54, 1.807) is 11.8 Å². The molecule has 1 unspecified atom stereocenters. The van der Waals surface area contributed by atoms with Gasteiger partial charge in [0.2, 0.25) is 0 Å². The molecule has 0 radical (unpaired) electrons. The highest BCUT2D eigenvalue weighted by atomic mass is 35.5. The molecule has 1 N–H and O–H groups in total. The Labute approximate surface area is 112 Å². The number of hydrogen-bond donors (Lipinski definition) is 1. The van der Waals surface area contributed by atoms with Crippen molar-refractivity contribution in [3.05, 3.63) is 29.3 Å². The van der Waals surface area contributed by atoms with Gasteiger partial charge in [-0.25, -0.2) is 0 Å². The van der Waals surface area contributed by atoms with Crippen LogP contribution in [0.2, 0.25) is 5.02 Å². The van der Waals surface area contributed by atoms with Crippen LogP contribution in [0.1, 0.15) is 26.7 Å². The second-order valence-corrected chi connectivity index (χ2v) is 5.96. The highest BCUT2D eigenvalue weighted by Gasteiger charge is 2.26. The molecular formula is C13H17ClN2S. The fraction of sp³-hybridized carbons (Fsp3) is 0.462. The first-order valence-corrected chi connectivity index (χ1v) is 7.23. The number of halogens is 1. The fourth-order valence-corrected chi connectivity index (χ4v) is 3.08. The van der Waals surface area contributed by atoms with E-state index in [1.807, 2.05) is 24.3 Å². The standard InChI is InChI=1S/C13H17ClN2S/c1-3-13(2)8-9-17-12(16-13)15-11-7-5-4-6-10(11)14/h4-7H,3,8-9H2,1-2H3,(H,15,16). The number of hydrogen-bond acceptors (Lipinski definition) is 3. The van der Waals surface area contributed by atoms with Gasteiger partial charge in [0.25, 0.3) is 0 Å². The van der Waals surface area contributed by atoms with Crippen molar-refractivity contribution >= 4 is 34.2 Å². The molecule has 0 spiro atoms. The van der Waals surface area contributed by atoms with E-state index in [4.69, 9.17) is 16.6 Å². The number of benzene rings is 1. The molecule has 1 heterocycles. The summed E-state index contributed by atoms with van der Waals surface area (Å²) in [5.41, 5.74) is 1.01. The quantitative estimate of drug-likeness (QED) is 0.859. The van der Waals surface area contributed by atoms with Crippen LogP contribution in [0.3, 0.4) is 0 Å². The summed E-state index contributed by atoms with van der Waals surface area (Å²) in [4.78, 5) is 4.78. The van der Waals surface area contributed by atoms with Gasteiger partial charge in [-0.1, -0.05) is 42.4 Å².